The average molecular weight is 784 g/mol. The number of rotatable bonds is 38. The van der Waals surface area contributed by atoms with Crippen molar-refractivity contribution in [2.24, 2.45) is 0 Å². The molecule has 0 spiro atoms. The van der Waals surface area contributed by atoms with E-state index in [-0.39, 0.29) is 12.3 Å². The number of unbranched alkanes of at least 4 members (excludes halogenated alkanes) is 16. The Balaban J connectivity index is 4.06. The minimum atomic E-state index is -4.38. The molecule has 0 rings (SSSR count). The highest BCUT2D eigenvalue weighted by molar-refractivity contribution is 7.85. The van der Waals surface area contributed by atoms with Crippen LogP contribution in [-0.4, -0.2) is 41.9 Å². The fourth-order valence-corrected chi connectivity index (χ4v) is 6.71. The van der Waals surface area contributed by atoms with E-state index in [0.29, 0.717) is 12.8 Å². The number of aliphatic hydroxyl groups is 1. The Morgan fingerprint density at radius 2 is 0.891 bits per heavy atom. The van der Waals surface area contributed by atoms with Gasteiger partial charge >= 0.3 is 0 Å². The van der Waals surface area contributed by atoms with Gasteiger partial charge < -0.3 is 10.4 Å². The van der Waals surface area contributed by atoms with Crippen molar-refractivity contribution in [1.29, 1.82) is 0 Å². The molecule has 314 valence electrons. The zero-order valence-electron chi connectivity index (χ0n) is 35.0. The van der Waals surface area contributed by atoms with Crippen molar-refractivity contribution < 1.29 is 22.9 Å². The zero-order chi connectivity index (χ0) is 40.3. The highest BCUT2D eigenvalue weighted by atomic mass is 32.2. The quantitative estimate of drug-likeness (QED) is 0.0329. The van der Waals surface area contributed by atoms with Gasteiger partial charge in [0.15, 0.2) is 0 Å². The van der Waals surface area contributed by atoms with Gasteiger partial charge in [-0.2, -0.15) is 8.42 Å². The molecule has 1 amide bonds. The fraction of sp³-hybridized carbons (Fsp3) is 0.646. The maximum absolute atomic E-state index is 12.5. The smallest absolute Gasteiger partial charge is 0.267 e. The van der Waals surface area contributed by atoms with Crippen LogP contribution in [0.25, 0.3) is 0 Å². The summed E-state index contributed by atoms with van der Waals surface area (Å²) in [6.07, 6.45) is 61.1. The monoisotopic (exact) mass is 784 g/mol. The number of hydrogen-bond donors (Lipinski definition) is 3. The second kappa shape index (κ2) is 40.9. The summed E-state index contributed by atoms with van der Waals surface area (Å²) < 4.78 is 32.5. The fourth-order valence-electron chi connectivity index (χ4n) is 5.98. The molecule has 3 N–H and O–H groups in total. The van der Waals surface area contributed by atoms with E-state index in [2.05, 4.69) is 104 Å². The van der Waals surface area contributed by atoms with Gasteiger partial charge in [-0.1, -0.05) is 182 Å². The predicted molar refractivity (Wildman–Crippen MR) is 239 cm³/mol. The first kappa shape index (κ1) is 52.3. The van der Waals surface area contributed by atoms with Gasteiger partial charge in [0.1, 0.15) is 0 Å². The molecule has 0 radical (unpaired) electrons. The van der Waals surface area contributed by atoms with Crippen molar-refractivity contribution in [3.05, 3.63) is 97.2 Å². The maximum atomic E-state index is 12.5. The molecule has 2 atom stereocenters. The van der Waals surface area contributed by atoms with Gasteiger partial charge in [-0.15, -0.1) is 0 Å². The molecule has 0 saturated carbocycles. The van der Waals surface area contributed by atoms with Crippen LogP contribution in [0.4, 0.5) is 0 Å². The minimum absolute atomic E-state index is 0.240. The van der Waals surface area contributed by atoms with E-state index in [1.165, 1.54) is 83.1 Å². The molecule has 0 fully saturated rings. The normalized spacial score (nSPS) is 14.2. The van der Waals surface area contributed by atoms with Crippen molar-refractivity contribution in [2.75, 3.05) is 5.75 Å². The van der Waals surface area contributed by atoms with Crippen LogP contribution in [0, 0.1) is 0 Å². The Labute approximate surface area is 339 Å². The van der Waals surface area contributed by atoms with Crippen LogP contribution in [0.15, 0.2) is 97.2 Å². The number of hydrogen-bond acceptors (Lipinski definition) is 4. The zero-order valence-corrected chi connectivity index (χ0v) is 35.8. The number of aliphatic hydroxyl groups excluding tert-OH is 1. The lowest BCUT2D eigenvalue weighted by Gasteiger charge is -2.21. The third-order valence-electron chi connectivity index (χ3n) is 9.22. The van der Waals surface area contributed by atoms with Crippen LogP contribution >= 0.6 is 0 Å². The molecule has 0 aromatic heterocycles. The highest BCUT2D eigenvalue weighted by Gasteiger charge is 2.24. The summed E-state index contributed by atoms with van der Waals surface area (Å²) in [4.78, 5) is 12.5. The molecule has 0 aromatic carbocycles. The molecular formula is C48H81NO5S. The van der Waals surface area contributed by atoms with Crippen LogP contribution in [0.2, 0.25) is 0 Å². The number of nitrogens with one attached hydrogen (secondary N) is 1. The van der Waals surface area contributed by atoms with Crippen LogP contribution in [0.1, 0.15) is 181 Å². The van der Waals surface area contributed by atoms with Gasteiger partial charge in [0.05, 0.1) is 17.9 Å². The Bertz CT molecular complexity index is 1220. The van der Waals surface area contributed by atoms with E-state index in [1.807, 2.05) is 0 Å². The molecule has 0 saturated heterocycles. The summed E-state index contributed by atoms with van der Waals surface area (Å²) in [5.41, 5.74) is 0. The first-order valence-electron chi connectivity index (χ1n) is 21.9. The standard InChI is InChI=1S/C48H81NO5S/c1-3-5-7-9-11-13-15-17-19-21-23-24-26-27-29-31-33-35-37-39-41-43-47(50)46(45-55(52,53)54)49-48(51)44-42-40-38-36-34-32-30-28-25-22-20-18-16-14-12-10-8-6-4-2/h6,8,12,14,18,20,25-28,32-35,41,43,46-47,50H,3-5,7,9-11,13,15-17,19,21-24,29-31,36-40,42,44-45H2,1-2H3,(H,49,51)(H,52,53,54)/b8-6-,14-12-,20-18-,27-26+,28-25-,34-32-,35-33+,43-41+. The van der Waals surface area contributed by atoms with Gasteiger partial charge in [0.25, 0.3) is 10.1 Å². The minimum Gasteiger partial charge on any atom is -0.387 e. The van der Waals surface area contributed by atoms with Crippen molar-refractivity contribution in [3.63, 3.8) is 0 Å². The molecule has 55 heavy (non-hydrogen) atoms. The molecule has 0 bridgehead atoms. The Morgan fingerprint density at radius 1 is 0.509 bits per heavy atom. The first-order valence-corrected chi connectivity index (χ1v) is 23.5. The molecular weight excluding hydrogens is 703 g/mol. The summed E-state index contributed by atoms with van der Waals surface area (Å²) in [7, 11) is -4.38. The van der Waals surface area contributed by atoms with Crippen molar-refractivity contribution in [1.82, 2.24) is 5.32 Å². The van der Waals surface area contributed by atoms with E-state index in [9.17, 15) is 22.9 Å². The van der Waals surface area contributed by atoms with E-state index < -0.39 is 28.0 Å². The molecule has 0 aliphatic carbocycles. The van der Waals surface area contributed by atoms with E-state index in [0.717, 1.165) is 70.6 Å². The second-order valence-corrected chi connectivity index (χ2v) is 16.1. The number of carbonyl (C=O) groups excluding carboxylic acids is 1. The van der Waals surface area contributed by atoms with Crippen molar-refractivity contribution >= 4 is 16.0 Å². The number of allylic oxidation sites excluding steroid dienone is 15. The largest absolute Gasteiger partial charge is 0.387 e. The van der Waals surface area contributed by atoms with Crippen LogP contribution < -0.4 is 5.32 Å². The molecule has 0 aliphatic heterocycles. The molecule has 7 heteroatoms. The first-order chi connectivity index (χ1) is 26.8. The third-order valence-corrected chi connectivity index (χ3v) is 10.0. The molecule has 0 aliphatic rings. The van der Waals surface area contributed by atoms with Gasteiger partial charge in [-0.3, -0.25) is 9.35 Å². The Morgan fingerprint density at radius 3 is 1.36 bits per heavy atom. The average Bonchev–Trinajstić information content (AvgIpc) is 3.15. The summed E-state index contributed by atoms with van der Waals surface area (Å²) >= 11 is 0. The lowest BCUT2D eigenvalue weighted by molar-refractivity contribution is -0.122. The number of carbonyl (C=O) groups is 1. The van der Waals surface area contributed by atoms with E-state index in [4.69, 9.17) is 0 Å². The molecule has 6 nitrogen and oxygen atoms in total. The third kappa shape index (κ3) is 42.2. The Hall–Kier alpha value is -2.74. The maximum Gasteiger partial charge on any atom is 0.267 e. The van der Waals surface area contributed by atoms with Crippen LogP contribution in [-0.2, 0) is 14.9 Å². The summed E-state index contributed by atoms with van der Waals surface area (Å²) in [5.74, 6) is -1.06. The highest BCUT2D eigenvalue weighted by Crippen LogP contribution is 2.13. The predicted octanol–water partition coefficient (Wildman–Crippen LogP) is 13.4. The molecule has 0 heterocycles. The second-order valence-electron chi connectivity index (χ2n) is 14.6. The van der Waals surface area contributed by atoms with Gasteiger partial charge in [-0.25, -0.2) is 0 Å². The van der Waals surface area contributed by atoms with Crippen LogP contribution in [0.5, 0.6) is 0 Å². The van der Waals surface area contributed by atoms with Gasteiger partial charge in [0.2, 0.25) is 5.91 Å². The van der Waals surface area contributed by atoms with Crippen molar-refractivity contribution in [2.45, 2.75) is 193 Å². The summed E-state index contributed by atoms with van der Waals surface area (Å²) in [6.45, 7) is 4.41. The topological polar surface area (TPSA) is 104 Å². The van der Waals surface area contributed by atoms with Gasteiger partial charge in [-0.05, 0) is 89.9 Å². The van der Waals surface area contributed by atoms with E-state index in [1.54, 1.807) is 6.08 Å². The lowest BCUT2D eigenvalue weighted by atomic mass is 10.1. The molecule has 0 aromatic rings. The Kier molecular flexibility index (Phi) is 38.9. The van der Waals surface area contributed by atoms with Gasteiger partial charge in [0, 0.05) is 6.42 Å². The number of amides is 1. The molecule has 2 unspecified atom stereocenters. The summed E-state index contributed by atoms with van der Waals surface area (Å²) in [5, 5.41) is 13.2. The SMILES string of the molecule is CC/C=C\C/C=C\C/C=C\C/C=C\C/C=C\CCCCCC(=O)NC(CS(=O)(=O)O)C(O)/C=C/CC/C=C/CC/C=C/CCCCCCCCCCCCC. The summed E-state index contributed by atoms with van der Waals surface area (Å²) in [6, 6.07) is -1.10. The van der Waals surface area contributed by atoms with E-state index >= 15 is 0 Å². The lowest BCUT2D eigenvalue weighted by Crippen LogP contribution is -2.46. The van der Waals surface area contributed by atoms with Crippen molar-refractivity contribution in [3.8, 4) is 0 Å². The van der Waals surface area contributed by atoms with Crippen LogP contribution in [0.3, 0.4) is 0 Å².